The van der Waals surface area contributed by atoms with Gasteiger partial charge >= 0.3 is 0 Å². The Labute approximate surface area is 143 Å². The van der Waals surface area contributed by atoms with Crippen LogP contribution in [0, 0.1) is 5.41 Å². The zero-order chi connectivity index (χ0) is 15.9. The van der Waals surface area contributed by atoms with Crippen molar-refractivity contribution in [3.8, 4) is 0 Å². The molecule has 2 aliphatic rings. The van der Waals surface area contributed by atoms with Gasteiger partial charge < -0.3 is 15.0 Å². The fourth-order valence-corrected chi connectivity index (χ4v) is 3.72. The standard InChI is InChI=1S/C16H26N4O2.ClH/c1-5-22-13-8-12(16(13,2)3)20(4)15(21)14-10-9-17-7-6-11(10)18-19-14;/h12-13,17H,5-9H2,1-4H3,(H,18,19);1H. The van der Waals surface area contributed by atoms with Crippen LogP contribution in [0.3, 0.4) is 0 Å². The summed E-state index contributed by atoms with van der Waals surface area (Å²) in [5.74, 6) is 0.00854. The molecule has 1 aromatic heterocycles. The first-order chi connectivity index (χ1) is 10.5. The predicted octanol–water partition coefficient (Wildman–Crippen LogP) is 1.75. The van der Waals surface area contributed by atoms with Crippen LogP contribution in [-0.4, -0.2) is 53.3 Å². The van der Waals surface area contributed by atoms with Crippen LogP contribution in [0.5, 0.6) is 0 Å². The fraction of sp³-hybridized carbons (Fsp3) is 0.750. The third-order valence-corrected chi connectivity index (χ3v) is 5.29. The Balaban J connectivity index is 0.00000192. The van der Waals surface area contributed by atoms with E-state index in [2.05, 4.69) is 29.4 Å². The summed E-state index contributed by atoms with van der Waals surface area (Å²) in [6, 6.07) is 0.195. The number of carbonyl (C=O) groups is 1. The lowest BCUT2D eigenvalue weighted by molar-refractivity contribution is -0.136. The highest BCUT2D eigenvalue weighted by molar-refractivity contribution is 5.94. The number of rotatable bonds is 4. The molecule has 1 aliphatic heterocycles. The molecular weight excluding hydrogens is 316 g/mol. The summed E-state index contributed by atoms with van der Waals surface area (Å²) >= 11 is 0. The molecule has 0 aromatic carbocycles. The topological polar surface area (TPSA) is 70.2 Å². The molecular formula is C16H27ClN4O2. The Kier molecular flexibility index (Phi) is 5.38. The molecule has 0 saturated heterocycles. The molecule has 6 nitrogen and oxygen atoms in total. The summed E-state index contributed by atoms with van der Waals surface area (Å²) in [6.45, 7) is 8.73. The number of carbonyl (C=O) groups excluding carboxylic acids is 1. The normalized spacial score (nSPS) is 25.0. The van der Waals surface area contributed by atoms with Gasteiger partial charge in [-0.05, 0) is 13.3 Å². The lowest BCUT2D eigenvalue weighted by Crippen LogP contribution is -2.62. The number of nitrogens with one attached hydrogen (secondary N) is 2. The monoisotopic (exact) mass is 342 g/mol. The highest BCUT2D eigenvalue weighted by atomic mass is 35.5. The van der Waals surface area contributed by atoms with E-state index in [1.165, 1.54) is 0 Å². The number of ether oxygens (including phenoxy) is 1. The maximum Gasteiger partial charge on any atom is 0.274 e. The first-order valence-electron chi connectivity index (χ1n) is 8.12. The molecule has 1 aliphatic carbocycles. The predicted molar refractivity (Wildman–Crippen MR) is 90.9 cm³/mol. The molecule has 1 aromatic rings. The van der Waals surface area contributed by atoms with E-state index in [0.717, 1.165) is 43.8 Å². The number of hydrogen-bond donors (Lipinski definition) is 2. The molecule has 2 unspecified atom stereocenters. The second-order valence-corrected chi connectivity index (χ2v) is 6.89. The van der Waals surface area contributed by atoms with Crippen molar-refractivity contribution >= 4 is 18.3 Å². The van der Waals surface area contributed by atoms with Gasteiger partial charge in [-0.25, -0.2) is 0 Å². The molecule has 23 heavy (non-hydrogen) atoms. The molecule has 2 atom stereocenters. The number of halogens is 1. The van der Waals surface area contributed by atoms with Crippen LogP contribution in [-0.2, 0) is 17.7 Å². The number of fused-ring (bicyclic) bond motifs is 1. The molecule has 3 rings (SSSR count). The van der Waals surface area contributed by atoms with E-state index in [-0.39, 0.29) is 35.9 Å². The molecule has 0 radical (unpaired) electrons. The van der Waals surface area contributed by atoms with E-state index in [0.29, 0.717) is 5.69 Å². The lowest BCUT2D eigenvalue weighted by atomic mass is 9.63. The first-order valence-corrected chi connectivity index (χ1v) is 8.12. The minimum atomic E-state index is -0.0188. The number of H-pyrrole nitrogens is 1. The van der Waals surface area contributed by atoms with E-state index in [4.69, 9.17) is 4.74 Å². The first kappa shape index (κ1) is 18.2. The van der Waals surface area contributed by atoms with Crippen LogP contribution in [0.15, 0.2) is 0 Å². The van der Waals surface area contributed by atoms with Crippen molar-refractivity contribution in [3.63, 3.8) is 0 Å². The average molecular weight is 343 g/mol. The molecule has 0 bridgehead atoms. The largest absolute Gasteiger partial charge is 0.378 e. The van der Waals surface area contributed by atoms with E-state index in [9.17, 15) is 4.79 Å². The molecule has 2 N–H and O–H groups in total. The maximum absolute atomic E-state index is 12.8. The van der Waals surface area contributed by atoms with Gasteiger partial charge in [-0.2, -0.15) is 5.10 Å². The van der Waals surface area contributed by atoms with Gasteiger partial charge in [0.15, 0.2) is 5.69 Å². The van der Waals surface area contributed by atoms with E-state index < -0.39 is 0 Å². The molecule has 130 valence electrons. The lowest BCUT2D eigenvalue weighted by Gasteiger charge is -2.54. The van der Waals surface area contributed by atoms with Gasteiger partial charge in [0.1, 0.15) is 0 Å². The third-order valence-electron chi connectivity index (χ3n) is 5.29. The van der Waals surface area contributed by atoms with Gasteiger partial charge in [0.2, 0.25) is 0 Å². The number of aromatic amines is 1. The van der Waals surface area contributed by atoms with E-state index in [1.807, 2.05) is 18.9 Å². The number of hydrogen-bond acceptors (Lipinski definition) is 4. The summed E-state index contributed by atoms with van der Waals surface area (Å²) in [5, 5.41) is 10.6. The minimum absolute atomic E-state index is 0. The molecule has 7 heteroatoms. The van der Waals surface area contributed by atoms with Crippen LogP contribution in [0.2, 0.25) is 0 Å². The second-order valence-electron chi connectivity index (χ2n) is 6.89. The Hall–Kier alpha value is -1.11. The summed E-state index contributed by atoms with van der Waals surface area (Å²) in [6.07, 6.45) is 2.03. The summed E-state index contributed by atoms with van der Waals surface area (Å²) < 4.78 is 5.76. The van der Waals surface area contributed by atoms with Gasteiger partial charge in [-0.1, -0.05) is 13.8 Å². The van der Waals surface area contributed by atoms with Gasteiger partial charge in [0.25, 0.3) is 5.91 Å². The van der Waals surface area contributed by atoms with Crippen molar-refractivity contribution in [1.29, 1.82) is 0 Å². The van der Waals surface area contributed by atoms with Crippen molar-refractivity contribution < 1.29 is 9.53 Å². The van der Waals surface area contributed by atoms with Crippen molar-refractivity contribution in [1.82, 2.24) is 20.4 Å². The molecule has 1 fully saturated rings. The Bertz CT molecular complexity index is 572. The zero-order valence-electron chi connectivity index (χ0n) is 14.3. The number of amides is 1. The number of aromatic nitrogens is 2. The average Bonchev–Trinajstić information content (AvgIpc) is 2.93. The summed E-state index contributed by atoms with van der Waals surface area (Å²) in [4.78, 5) is 14.7. The van der Waals surface area contributed by atoms with E-state index in [1.54, 1.807) is 0 Å². The summed E-state index contributed by atoms with van der Waals surface area (Å²) in [5.41, 5.74) is 2.67. The summed E-state index contributed by atoms with van der Waals surface area (Å²) in [7, 11) is 1.88. The van der Waals surface area contributed by atoms with Crippen LogP contribution >= 0.6 is 12.4 Å². The van der Waals surface area contributed by atoms with Crippen LogP contribution in [0.25, 0.3) is 0 Å². The molecule has 2 heterocycles. The smallest absolute Gasteiger partial charge is 0.274 e. The van der Waals surface area contributed by atoms with Gasteiger partial charge in [-0.3, -0.25) is 9.89 Å². The highest BCUT2D eigenvalue weighted by Gasteiger charge is 2.52. The van der Waals surface area contributed by atoms with Crippen LogP contribution in [0.4, 0.5) is 0 Å². The highest BCUT2D eigenvalue weighted by Crippen LogP contribution is 2.45. The van der Waals surface area contributed by atoms with Crippen molar-refractivity contribution in [3.05, 3.63) is 17.0 Å². The van der Waals surface area contributed by atoms with Gasteiger partial charge in [0.05, 0.1) is 6.10 Å². The van der Waals surface area contributed by atoms with Crippen LogP contribution < -0.4 is 5.32 Å². The van der Waals surface area contributed by atoms with E-state index >= 15 is 0 Å². The zero-order valence-corrected chi connectivity index (χ0v) is 15.1. The Morgan fingerprint density at radius 1 is 1.48 bits per heavy atom. The van der Waals surface area contributed by atoms with Crippen molar-refractivity contribution in [2.24, 2.45) is 5.41 Å². The van der Waals surface area contributed by atoms with Crippen LogP contribution in [0.1, 0.15) is 48.9 Å². The van der Waals surface area contributed by atoms with Crippen molar-refractivity contribution in [2.45, 2.75) is 52.3 Å². The Morgan fingerprint density at radius 3 is 2.87 bits per heavy atom. The third kappa shape index (κ3) is 2.99. The van der Waals surface area contributed by atoms with Gasteiger partial charge in [0, 0.05) is 55.9 Å². The minimum Gasteiger partial charge on any atom is -0.378 e. The fourth-order valence-electron chi connectivity index (χ4n) is 3.72. The van der Waals surface area contributed by atoms with Gasteiger partial charge in [-0.15, -0.1) is 12.4 Å². The van der Waals surface area contributed by atoms with Crippen molar-refractivity contribution in [2.75, 3.05) is 20.2 Å². The molecule has 1 saturated carbocycles. The molecule has 0 spiro atoms. The Morgan fingerprint density at radius 2 is 2.22 bits per heavy atom. The quantitative estimate of drug-likeness (QED) is 0.874. The molecule has 1 amide bonds. The maximum atomic E-state index is 12.8. The SMILES string of the molecule is CCOC1CC(N(C)C(=O)c2n[nH]c3c2CNCC3)C1(C)C.Cl. The number of nitrogens with zero attached hydrogens (tertiary/aromatic N) is 2. The second kappa shape index (κ2) is 6.79.